The predicted molar refractivity (Wildman–Crippen MR) is 101 cm³/mol. The molecular formula is C20H25ClN2O. The van der Waals surface area contributed by atoms with Crippen LogP contribution in [-0.2, 0) is 17.6 Å². The van der Waals surface area contributed by atoms with Crippen molar-refractivity contribution in [2.24, 2.45) is 0 Å². The van der Waals surface area contributed by atoms with Gasteiger partial charge in [-0.05, 0) is 43.0 Å². The average molecular weight is 345 g/mol. The lowest BCUT2D eigenvalue weighted by atomic mass is 9.94. The minimum atomic E-state index is 0. The van der Waals surface area contributed by atoms with E-state index >= 15 is 0 Å². The number of hydrogen-bond donors (Lipinski definition) is 2. The quantitative estimate of drug-likeness (QED) is 0.873. The van der Waals surface area contributed by atoms with Crippen molar-refractivity contribution in [3.8, 4) is 0 Å². The third kappa shape index (κ3) is 4.83. The summed E-state index contributed by atoms with van der Waals surface area (Å²) < 4.78 is 0. The van der Waals surface area contributed by atoms with Crippen LogP contribution in [0.5, 0.6) is 0 Å². The number of carbonyl (C=O) groups excluding carboxylic acids is 1. The van der Waals surface area contributed by atoms with Crippen LogP contribution in [0, 0.1) is 6.92 Å². The van der Waals surface area contributed by atoms with E-state index in [4.69, 9.17) is 0 Å². The zero-order chi connectivity index (χ0) is 16.1. The Bertz CT molecular complexity index is 670. The van der Waals surface area contributed by atoms with E-state index < -0.39 is 0 Å². The minimum Gasteiger partial charge on any atom is -0.354 e. The molecular weight excluding hydrogens is 320 g/mol. The third-order valence-corrected chi connectivity index (χ3v) is 4.48. The van der Waals surface area contributed by atoms with Crippen LogP contribution in [0.3, 0.4) is 0 Å². The summed E-state index contributed by atoms with van der Waals surface area (Å²) in [6.07, 6.45) is 2.40. The lowest BCUT2D eigenvalue weighted by Crippen LogP contribution is -2.38. The number of amides is 1. The van der Waals surface area contributed by atoms with E-state index in [1.807, 2.05) is 0 Å². The Balaban J connectivity index is 0.00000208. The predicted octanol–water partition coefficient (Wildman–Crippen LogP) is 3.35. The first-order valence-electron chi connectivity index (χ1n) is 8.36. The molecule has 1 aliphatic heterocycles. The number of benzene rings is 2. The largest absolute Gasteiger partial charge is 0.354 e. The Morgan fingerprint density at radius 3 is 2.71 bits per heavy atom. The van der Waals surface area contributed by atoms with E-state index in [0.717, 1.165) is 19.4 Å². The summed E-state index contributed by atoms with van der Waals surface area (Å²) >= 11 is 0. The number of rotatable bonds is 5. The second-order valence-electron chi connectivity index (χ2n) is 6.25. The molecule has 1 unspecified atom stereocenters. The maximum Gasteiger partial charge on any atom is 0.220 e. The minimum absolute atomic E-state index is 0. The van der Waals surface area contributed by atoms with Crippen molar-refractivity contribution in [1.29, 1.82) is 0 Å². The normalized spacial score (nSPS) is 16.0. The fraction of sp³-hybridized carbons (Fsp3) is 0.350. The van der Waals surface area contributed by atoms with Crippen molar-refractivity contribution in [3.05, 3.63) is 70.8 Å². The van der Waals surface area contributed by atoms with E-state index in [-0.39, 0.29) is 24.4 Å². The molecule has 1 atom stereocenters. The van der Waals surface area contributed by atoms with E-state index in [0.29, 0.717) is 13.0 Å². The third-order valence-electron chi connectivity index (χ3n) is 4.48. The lowest BCUT2D eigenvalue weighted by Gasteiger charge is -2.27. The molecule has 3 rings (SSSR count). The molecule has 0 spiro atoms. The Hall–Kier alpha value is -1.84. The molecule has 0 saturated heterocycles. The maximum absolute atomic E-state index is 12.1. The SMILES string of the molecule is Cc1ccc(CCC(=O)NCC2NCCc3ccccc32)cc1.Cl. The van der Waals surface area contributed by atoms with Gasteiger partial charge in [0.05, 0.1) is 0 Å². The molecule has 1 heterocycles. The van der Waals surface area contributed by atoms with Crippen molar-refractivity contribution in [3.63, 3.8) is 0 Å². The highest BCUT2D eigenvalue weighted by Gasteiger charge is 2.19. The molecule has 0 saturated carbocycles. The number of halogens is 1. The molecule has 0 radical (unpaired) electrons. The fourth-order valence-corrected chi connectivity index (χ4v) is 3.09. The molecule has 0 fully saturated rings. The topological polar surface area (TPSA) is 41.1 Å². The number of nitrogens with one attached hydrogen (secondary N) is 2. The van der Waals surface area contributed by atoms with Crippen LogP contribution in [0.2, 0.25) is 0 Å². The molecule has 2 aromatic carbocycles. The summed E-state index contributed by atoms with van der Waals surface area (Å²) in [5.74, 6) is 0.121. The van der Waals surface area contributed by atoms with Crippen LogP contribution in [0.15, 0.2) is 48.5 Å². The molecule has 1 aliphatic rings. The van der Waals surface area contributed by atoms with Crippen molar-refractivity contribution < 1.29 is 4.79 Å². The highest BCUT2D eigenvalue weighted by Crippen LogP contribution is 2.21. The van der Waals surface area contributed by atoms with Gasteiger partial charge in [0.25, 0.3) is 0 Å². The van der Waals surface area contributed by atoms with Gasteiger partial charge in [-0.25, -0.2) is 0 Å². The summed E-state index contributed by atoms with van der Waals surface area (Å²) in [7, 11) is 0. The second-order valence-corrected chi connectivity index (χ2v) is 6.25. The van der Waals surface area contributed by atoms with Gasteiger partial charge in [0, 0.05) is 19.0 Å². The van der Waals surface area contributed by atoms with E-state index in [2.05, 4.69) is 66.1 Å². The Kier molecular flexibility index (Phi) is 6.83. The van der Waals surface area contributed by atoms with Crippen LogP contribution in [-0.4, -0.2) is 19.0 Å². The molecule has 0 bridgehead atoms. The van der Waals surface area contributed by atoms with Crippen molar-refractivity contribution in [1.82, 2.24) is 10.6 Å². The summed E-state index contributed by atoms with van der Waals surface area (Å²) in [5.41, 5.74) is 5.18. The van der Waals surface area contributed by atoms with Crippen LogP contribution < -0.4 is 10.6 Å². The molecule has 0 aromatic heterocycles. The number of carbonyl (C=O) groups is 1. The van der Waals surface area contributed by atoms with Crippen molar-refractivity contribution >= 4 is 18.3 Å². The number of hydrogen-bond acceptors (Lipinski definition) is 2. The molecule has 128 valence electrons. The summed E-state index contributed by atoms with van der Waals surface area (Å²) in [6.45, 7) is 3.70. The van der Waals surface area contributed by atoms with Gasteiger partial charge < -0.3 is 10.6 Å². The molecule has 0 aliphatic carbocycles. The Morgan fingerprint density at radius 1 is 1.17 bits per heavy atom. The van der Waals surface area contributed by atoms with Gasteiger partial charge in [0.2, 0.25) is 5.91 Å². The lowest BCUT2D eigenvalue weighted by molar-refractivity contribution is -0.121. The molecule has 24 heavy (non-hydrogen) atoms. The van der Waals surface area contributed by atoms with Crippen LogP contribution in [0.1, 0.15) is 34.7 Å². The van der Waals surface area contributed by atoms with Crippen molar-refractivity contribution in [2.75, 3.05) is 13.1 Å². The monoisotopic (exact) mass is 344 g/mol. The summed E-state index contributed by atoms with van der Waals surface area (Å²) in [6, 6.07) is 17.1. The van der Waals surface area contributed by atoms with Crippen LogP contribution >= 0.6 is 12.4 Å². The maximum atomic E-state index is 12.1. The summed E-state index contributed by atoms with van der Waals surface area (Å²) in [4.78, 5) is 12.1. The number of fused-ring (bicyclic) bond motifs is 1. The highest BCUT2D eigenvalue weighted by molar-refractivity contribution is 5.85. The molecule has 2 aromatic rings. The smallest absolute Gasteiger partial charge is 0.220 e. The van der Waals surface area contributed by atoms with Gasteiger partial charge >= 0.3 is 0 Å². The molecule has 1 amide bonds. The first kappa shape index (κ1) is 18.5. The van der Waals surface area contributed by atoms with Crippen LogP contribution in [0.4, 0.5) is 0 Å². The van der Waals surface area contributed by atoms with Gasteiger partial charge in [-0.3, -0.25) is 4.79 Å². The zero-order valence-corrected chi connectivity index (χ0v) is 14.9. The Labute approximate surface area is 150 Å². The standard InChI is InChI=1S/C20H24N2O.ClH/c1-15-6-8-16(9-7-15)10-11-20(23)22-14-19-18-5-3-2-4-17(18)12-13-21-19;/h2-9,19,21H,10-14H2,1H3,(H,22,23);1H. The molecule has 2 N–H and O–H groups in total. The van der Waals surface area contributed by atoms with E-state index in [1.165, 1.54) is 22.3 Å². The molecule has 4 heteroatoms. The van der Waals surface area contributed by atoms with Gasteiger partial charge in [0.1, 0.15) is 0 Å². The first-order chi connectivity index (χ1) is 11.2. The van der Waals surface area contributed by atoms with E-state index in [1.54, 1.807) is 0 Å². The first-order valence-corrected chi connectivity index (χ1v) is 8.36. The second kappa shape index (κ2) is 8.86. The zero-order valence-electron chi connectivity index (χ0n) is 14.0. The van der Waals surface area contributed by atoms with Gasteiger partial charge in [0.15, 0.2) is 0 Å². The van der Waals surface area contributed by atoms with Crippen molar-refractivity contribution in [2.45, 2.75) is 32.2 Å². The summed E-state index contributed by atoms with van der Waals surface area (Å²) in [5, 5.41) is 6.57. The molecule has 3 nitrogen and oxygen atoms in total. The highest BCUT2D eigenvalue weighted by atomic mass is 35.5. The fourth-order valence-electron chi connectivity index (χ4n) is 3.09. The number of aryl methyl sites for hydroxylation is 2. The van der Waals surface area contributed by atoms with Gasteiger partial charge in [-0.2, -0.15) is 0 Å². The average Bonchev–Trinajstić information content (AvgIpc) is 2.59. The van der Waals surface area contributed by atoms with Gasteiger partial charge in [-0.15, -0.1) is 12.4 Å². The van der Waals surface area contributed by atoms with Crippen LogP contribution in [0.25, 0.3) is 0 Å². The Morgan fingerprint density at radius 2 is 1.92 bits per heavy atom. The van der Waals surface area contributed by atoms with Gasteiger partial charge in [-0.1, -0.05) is 54.1 Å². The van der Waals surface area contributed by atoms with E-state index in [9.17, 15) is 4.79 Å².